The first-order valence-corrected chi connectivity index (χ1v) is 10.1. The Morgan fingerprint density at radius 2 is 1.85 bits per heavy atom. The van der Waals surface area contributed by atoms with Gasteiger partial charge in [0.15, 0.2) is 9.84 Å². The van der Waals surface area contributed by atoms with Gasteiger partial charge in [-0.05, 0) is 38.5 Å². The molecule has 1 unspecified atom stereocenters. The molecular formula is C17H20N4O4S. The van der Waals surface area contributed by atoms with Crippen molar-refractivity contribution in [3.8, 4) is 0 Å². The van der Waals surface area contributed by atoms with Crippen molar-refractivity contribution < 1.29 is 18.0 Å². The summed E-state index contributed by atoms with van der Waals surface area (Å²) in [4.78, 5) is 33.0. The predicted octanol–water partition coefficient (Wildman–Crippen LogP) is 0.280. The van der Waals surface area contributed by atoms with Gasteiger partial charge in [0.2, 0.25) is 5.91 Å². The van der Waals surface area contributed by atoms with Crippen LogP contribution in [0, 0.1) is 13.8 Å². The molecule has 2 aromatic rings. The SMILES string of the molecule is Cc1nc2ccc(C(=O)NCC(=O)NC3CCS(=O)(=O)C3)cc2nc1C. The monoisotopic (exact) mass is 376 g/mol. The van der Waals surface area contributed by atoms with Gasteiger partial charge < -0.3 is 10.6 Å². The Balaban J connectivity index is 1.60. The van der Waals surface area contributed by atoms with E-state index in [4.69, 9.17) is 0 Å². The van der Waals surface area contributed by atoms with Gasteiger partial charge in [0.1, 0.15) is 0 Å². The summed E-state index contributed by atoms with van der Waals surface area (Å²) in [7, 11) is -3.06. The van der Waals surface area contributed by atoms with Crippen molar-refractivity contribution in [1.29, 1.82) is 0 Å². The van der Waals surface area contributed by atoms with Crippen LogP contribution < -0.4 is 10.6 Å². The maximum atomic E-state index is 12.2. The molecule has 0 radical (unpaired) electrons. The van der Waals surface area contributed by atoms with Crippen molar-refractivity contribution in [2.45, 2.75) is 26.3 Å². The Morgan fingerprint density at radius 1 is 1.15 bits per heavy atom. The molecule has 2 heterocycles. The third-order valence-electron chi connectivity index (χ3n) is 4.34. The molecule has 1 aromatic heterocycles. The number of fused-ring (bicyclic) bond motifs is 1. The molecule has 1 aliphatic heterocycles. The summed E-state index contributed by atoms with van der Waals surface area (Å²) in [5.74, 6) is -0.774. The Morgan fingerprint density at radius 3 is 2.50 bits per heavy atom. The Kier molecular flexibility index (Phi) is 4.90. The van der Waals surface area contributed by atoms with Crippen LogP contribution in [0.25, 0.3) is 11.0 Å². The molecule has 1 fully saturated rings. The first kappa shape index (κ1) is 18.2. The number of hydrogen-bond donors (Lipinski definition) is 2. The molecule has 138 valence electrons. The summed E-state index contributed by atoms with van der Waals surface area (Å²) in [5.41, 5.74) is 3.32. The van der Waals surface area contributed by atoms with Gasteiger partial charge in [-0.1, -0.05) is 0 Å². The van der Waals surface area contributed by atoms with Crippen molar-refractivity contribution in [1.82, 2.24) is 20.6 Å². The lowest BCUT2D eigenvalue weighted by Gasteiger charge is -2.11. The van der Waals surface area contributed by atoms with Gasteiger partial charge in [0.05, 0.1) is 40.5 Å². The van der Waals surface area contributed by atoms with E-state index in [0.29, 0.717) is 23.0 Å². The average molecular weight is 376 g/mol. The number of rotatable bonds is 4. The zero-order valence-electron chi connectivity index (χ0n) is 14.6. The van der Waals surface area contributed by atoms with E-state index in [0.717, 1.165) is 11.4 Å². The van der Waals surface area contributed by atoms with E-state index in [1.165, 1.54) is 0 Å². The summed E-state index contributed by atoms with van der Waals surface area (Å²) in [5, 5.41) is 5.16. The molecular weight excluding hydrogens is 356 g/mol. The van der Waals surface area contributed by atoms with Crippen LogP contribution in [-0.4, -0.2) is 54.3 Å². The summed E-state index contributed by atoms with van der Waals surface area (Å²) in [6.07, 6.45) is 0.407. The van der Waals surface area contributed by atoms with Gasteiger partial charge in [0.25, 0.3) is 5.91 Å². The highest BCUT2D eigenvalue weighted by atomic mass is 32.2. The number of nitrogens with one attached hydrogen (secondary N) is 2. The van der Waals surface area contributed by atoms with Crippen LogP contribution in [-0.2, 0) is 14.6 Å². The zero-order valence-corrected chi connectivity index (χ0v) is 15.4. The number of benzene rings is 1. The lowest BCUT2D eigenvalue weighted by atomic mass is 10.1. The Labute approximate surface area is 151 Å². The number of carbonyl (C=O) groups is 2. The normalized spacial score (nSPS) is 18.6. The minimum atomic E-state index is -3.06. The Hall–Kier alpha value is -2.55. The van der Waals surface area contributed by atoms with E-state index in [1.54, 1.807) is 18.2 Å². The average Bonchev–Trinajstić information content (AvgIpc) is 2.91. The lowest BCUT2D eigenvalue weighted by molar-refractivity contribution is -0.120. The van der Waals surface area contributed by atoms with Gasteiger partial charge >= 0.3 is 0 Å². The molecule has 2 amide bonds. The molecule has 9 heteroatoms. The van der Waals surface area contributed by atoms with Gasteiger partial charge in [-0.3, -0.25) is 9.59 Å². The fourth-order valence-electron chi connectivity index (χ4n) is 2.82. The second kappa shape index (κ2) is 6.99. The van der Waals surface area contributed by atoms with Crippen molar-refractivity contribution in [2.24, 2.45) is 0 Å². The number of aromatic nitrogens is 2. The van der Waals surface area contributed by atoms with Crippen molar-refractivity contribution >= 4 is 32.7 Å². The lowest BCUT2D eigenvalue weighted by Crippen LogP contribution is -2.42. The molecule has 1 aromatic carbocycles. The van der Waals surface area contributed by atoms with Gasteiger partial charge in [-0.25, -0.2) is 18.4 Å². The largest absolute Gasteiger partial charge is 0.351 e. The molecule has 1 atom stereocenters. The molecule has 8 nitrogen and oxygen atoms in total. The first-order chi connectivity index (χ1) is 12.2. The molecule has 0 aliphatic carbocycles. The molecule has 0 saturated carbocycles. The fourth-order valence-corrected chi connectivity index (χ4v) is 4.50. The van der Waals surface area contributed by atoms with Gasteiger partial charge in [-0.15, -0.1) is 0 Å². The number of amides is 2. The highest BCUT2D eigenvalue weighted by Gasteiger charge is 2.28. The third kappa shape index (κ3) is 4.16. The highest BCUT2D eigenvalue weighted by molar-refractivity contribution is 7.91. The number of hydrogen-bond acceptors (Lipinski definition) is 6. The molecule has 2 N–H and O–H groups in total. The van der Waals surface area contributed by atoms with E-state index >= 15 is 0 Å². The molecule has 1 saturated heterocycles. The van der Waals surface area contributed by atoms with Crippen molar-refractivity contribution in [3.63, 3.8) is 0 Å². The van der Waals surface area contributed by atoms with E-state index in [1.807, 2.05) is 13.8 Å². The van der Waals surface area contributed by atoms with Crippen LogP contribution in [0.1, 0.15) is 28.2 Å². The minimum Gasteiger partial charge on any atom is -0.351 e. The topological polar surface area (TPSA) is 118 Å². The Bertz CT molecular complexity index is 988. The minimum absolute atomic E-state index is 0.0468. The molecule has 1 aliphatic rings. The number of sulfone groups is 1. The maximum absolute atomic E-state index is 12.2. The number of nitrogens with zero attached hydrogens (tertiary/aromatic N) is 2. The van der Waals surface area contributed by atoms with E-state index < -0.39 is 21.7 Å². The van der Waals surface area contributed by atoms with E-state index in [-0.39, 0.29) is 24.1 Å². The maximum Gasteiger partial charge on any atom is 0.251 e. The van der Waals surface area contributed by atoms with E-state index in [9.17, 15) is 18.0 Å². The van der Waals surface area contributed by atoms with Crippen molar-refractivity contribution in [2.75, 3.05) is 18.1 Å². The van der Waals surface area contributed by atoms with Crippen LogP contribution >= 0.6 is 0 Å². The summed E-state index contributed by atoms with van der Waals surface area (Å²) in [6, 6.07) is 4.59. The fraction of sp³-hybridized carbons (Fsp3) is 0.412. The molecule has 3 rings (SSSR count). The van der Waals surface area contributed by atoms with Crippen LogP contribution in [0.5, 0.6) is 0 Å². The second-order valence-corrected chi connectivity index (χ2v) is 8.68. The molecule has 0 spiro atoms. The first-order valence-electron chi connectivity index (χ1n) is 8.26. The van der Waals surface area contributed by atoms with Gasteiger partial charge in [-0.2, -0.15) is 0 Å². The smallest absolute Gasteiger partial charge is 0.251 e. The summed E-state index contributed by atoms with van der Waals surface area (Å²) < 4.78 is 22.8. The molecule has 0 bridgehead atoms. The second-order valence-electron chi connectivity index (χ2n) is 6.45. The highest BCUT2D eigenvalue weighted by Crippen LogP contribution is 2.14. The van der Waals surface area contributed by atoms with Crippen LogP contribution in [0.3, 0.4) is 0 Å². The van der Waals surface area contributed by atoms with Gasteiger partial charge in [0, 0.05) is 11.6 Å². The summed E-state index contributed by atoms with van der Waals surface area (Å²) >= 11 is 0. The number of carbonyl (C=O) groups excluding carboxylic acids is 2. The third-order valence-corrected chi connectivity index (χ3v) is 6.11. The number of aryl methyl sites for hydroxylation is 2. The molecule has 26 heavy (non-hydrogen) atoms. The standard InChI is InChI=1S/C17H20N4O4S/c1-10-11(2)20-15-7-12(3-4-14(15)19-10)17(23)18-8-16(22)21-13-5-6-26(24,25)9-13/h3-4,7,13H,5-6,8-9H2,1-2H3,(H,18,23)(H,21,22). The van der Waals surface area contributed by atoms with Crippen LogP contribution in [0.15, 0.2) is 18.2 Å². The van der Waals surface area contributed by atoms with Crippen LogP contribution in [0.4, 0.5) is 0 Å². The van der Waals surface area contributed by atoms with Crippen LogP contribution in [0.2, 0.25) is 0 Å². The quantitative estimate of drug-likeness (QED) is 0.791. The zero-order chi connectivity index (χ0) is 18.9. The van der Waals surface area contributed by atoms with E-state index in [2.05, 4.69) is 20.6 Å². The van der Waals surface area contributed by atoms with Crippen molar-refractivity contribution in [3.05, 3.63) is 35.2 Å². The predicted molar refractivity (Wildman–Crippen MR) is 96.5 cm³/mol. The summed E-state index contributed by atoms with van der Waals surface area (Å²) in [6.45, 7) is 3.50.